The molecule has 0 saturated carbocycles. The van der Waals surface area contributed by atoms with Crippen LogP contribution < -0.4 is 20.7 Å². The van der Waals surface area contributed by atoms with Gasteiger partial charge in [-0.2, -0.15) is 0 Å². The molecular formula is C28H44N4O5SSi. The van der Waals surface area contributed by atoms with Crippen LogP contribution in [0.15, 0.2) is 47.4 Å². The monoisotopic (exact) mass is 576 g/mol. The van der Waals surface area contributed by atoms with Crippen LogP contribution in [0.2, 0.25) is 18.1 Å². The van der Waals surface area contributed by atoms with E-state index in [2.05, 4.69) is 54.5 Å². The standard InChI is InChI=1S/C28H44N4O5SSi/c1-20(33)30-21-11-14-23(15-12-21)38(35,36)32-22-13-16-24(25(19-22)31-26(34)27(2,3)4)29-17-10-18-37-39(8,9)28(5,6)7/h11-16,19,29,32H,10,17-18H2,1-9H3,(H,30,33)(H,31,34). The van der Waals surface area contributed by atoms with Gasteiger partial charge in [0.25, 0.3) is 10.0 Å². The summed E-state index contributed by atoms with van der Waals surface area (Å²) in [4.78, 5) is 24.0. The van der Waals surface area contributed by atoms with Gasteiger partial charge in [-0.1, -0.05) is 41.5 Å². The zero-order chi connectivity index (χ0) is 29.6. The quantitative estimate of drug-likeness (QED) is 0.185. The van der Waals surface area contributed by atoms with E-state index in [9.17, 15) is 18.0 Å². The van der Waals surface area contributed by atoms with E-state index >= 15 is 0 Å². The molecule has 0 fully saturated rings. The van der Waals surface area contributed by atoms with Crippen LogP contribution >= 0.6 is 0 Å². The maximum Gasteiger partial charge on any atom is 0.261 e. The summed E-state index contributed by atoms with van der Waals surface area (Å²) < 4.78 is 34.8. The Balaban J connectivity index is 2.18. The molecule has 2 aromatic rings. The first kappa shape index (κ1) is 32.3. The number of carbonyl (C=O) groups is 2. The first-order valence-corrected chi connectivity index (χ1v) is 17.4. The Labute approximate surface area is 234 Å². The lowest BCUT2D eigenvalue weighted by Gasteiger charge is -2.36. The van der Waals surface area contributed by atoms with Gasteiger partial charge < -0.3 is 20.4 Å². The molecule has 0 saturated heterocycles. The highest BCUT2D eigenvalue weighted by Crippen LogP contribution is 2.36. The van der Waals surface area contributed by atoms with Gasteiger partial charge in [0, 0.05) is 31.2 Å². The largest absolute Gasteiger partial charge is 0.417 e. The third-order valence-corrected chi connectivity index (χ3v) is 12.5. The van der Waals surface area contributed by atoms with Crippen LogP contribution in [0, 0.1) is 5.41 Å². The van der Waals surface area contributed by atoms with E-state index in [4.69, 9.17) is 4.43 Å². The molecule has 0 radical (unpaired) electrons. The minimum Gasteiger partial charge on any atom is -0.417 e. The van der Waals surface area contributed by atoms with Gasteiger partial charge in [0.1, 0.15) is 0 Å². The summed E-state index contributed by atoms with van der Waals surface area (Å²) in [6.07, 6.45) is 0.780. The second-order valence-corrected chi connectivity index (χ2v) is 18.7. The number of rotatable bonds is 11. The Morgan fingerprint density at radius 2 is 1.46 bits per heavy atom. The molecule has 39 heavy (non-hydrogen) atoms. The van der Waals surface area contributed by atoms with Gasteiger partial charge in [-0.15, -0.1) is 0 Å². The summed E-state index contributed by atoms with van der Waals surface area (Å²) in [6.45, 7) is 19.1. The molecule has 2 rings (SSSR count). The van der Waals surface area contributed by atoms with Gasteiger partial charge in [0.15, 0.2) is 8.32 Å². The molecule has 2 aromatic carbocycles. The summed E-state index contributed by atoms with van der Waals surface area (Å²) in [5.74, 6) is -0.439. The van der Waals surface area contributed by atoms with E-state index in [1.165, 1.54) is 31.2 Å². The summed E-state index contributed by atoms with van der Waals surface area (Å²) in [5.41, 5.74) is 1.32. The zero-order valence-corrected chi connectivity index (χ0v) is 26.4. The van der Waals surface area contributed by atoms with Gasteiger partial charge in [-0.3, -0.25) is 14.3 Å². The summed E-state index contributed by atoms with van der Waals surface area (Å²) >= 11 is 0. The molecule has 0 heterocycles. The molecule has 0 bridgehead atoms. The number of hydrogen-bond acceptors (Lipinski definition) is 6. The highest BCUT2D eigenvalue weighted by Gasteiger charge is 2.36. The normalized spacial score (nSPS) is 12.5. The topological polar surface area (TPSA) is 126 Å². The Bertz CT molecular complexity index is 1260. The second kappa shape index (κ2) is 12.5. The van der Waals surface area contributed by atoms with Crippen molar-refractivity contribution in [3.63, 3.8) is 0 Å². The SMILES string of the molecule is CC(=O)Nc1ccc(S(=O)(=O)Nc2ccc(NCCCO[Si](C)(C)C(C)(C)C)c(NC(=O)C(C)(C)C)c2)cc1. The molecule has 0 aliphatic heterocycles. The molecule has 0 spiro atoms. The van der Waals surface area contributed by atoms with Gasteiger partial charge in [-0.05, 0) is 67.0 Å². The predicted molar refractivity (Wildman–Crippen MR) is 162 cm³/mol. The lowest BCUT2D eigenvalue weighted by atomic mass is 9.95. The van der Waals surface area contributed by atoms with Crippen molar-refractivity contribution in [3.8, 4) is 0 Å². The smallest absolute Gasteiger partial charge is 0.261 e. The molecule has 2 amide bonds. The fraction of sp³-hybridized carbons (Fsp3) is 0.500. The van der Waals surface area contributed by atoms with Crippen LogP contribution in [0.1, 0.15) is 54.9 Å². The fourth-order valence-electron chi connectivity index (χ4n) is 3.15. The Hall–Kier alpha value is -2.89. The van der Waals surface area contributed by atoms with Crippen molar-refractivity contribution in [2.75, 3.05) is 33.8 Å². The Morgan fingerprint density at radius 3 is 2.00 bits per heavy atom. The van der Waals surface area contributed by atoms with Crippen LogP contribution in [0.5, 0.6) is 0 Å². The van der Waals surface area contributed by atoms with Gasteiger partial charge in [0.2, 0.25) is 11.8 Å². The van der Waals surface area contributed by atoms with E-state index < -0.39 is 23.8 Å². The fourth-order valence-corrected chi connectivity index (χ4v) is 5.29. The average Bonchev–Trinajstić information content (AvgIpc) is 2.78. The van der Waals surface area contributed by atoms with Crippen molar-refractivity contribution in [2.24, 2.45) is 5.41 Å². The number of hydrogen-bond donors (Lipinski definition) is 4. The summed E-state index contributed by atoms with van der Waals surface area (Å²) in [6, 6.07) is 10.9. The number of sulfonamides is 1. The van der Waals surface area contributed by atoms with Crippen molar-refractivity contribution in [1.82, 2.24) is 0 Å². The first-order valence-electron chi connectivity index (χ1n) is 13.1. The molecule has 0 aliphatic carbocycles. The number of carbonyl (C=O) groups excluding carboxylic acids is 2. The number of amides is 2. The van der Waals surface area contributed by atoms with Gasteiger partial charge in [-0.25, -0.2) is 8.42 Å². The molecular weight excluding hydrogens is 532 g/mol. The molecule has 0 aliphatic rings. The van der Waals surface area contributed by atoms with Crippen molar-refractivity contribution < 1.29 is 22.4 Å². The molecule has 11 heteroatoms. The highest BCUT2D eigenvalue weighted by atomic mass is 32.2. The minimum absolute atomic E-state index is 0.0424. The van der Waals surface area contributed by atoms with Crippen LogP contribution in [0.25, 0.3) is 0 Å². The van der Waals surface area contributed by atoms with Crippen molar-refractivity contribution in [3.05, 3.63) is 42.5 Å². The summed E-state index contributed by atoms with van der Waals surface area (Å²) in [5, 5.41) is 9.02. The van der Waals surface area contributed by atoms with Crippen LogP contribution in [-0.2, 0) is 24.0 Å². The second-order valence-electron chi connectivity index (χ2n) is 12.2. The van der Waals surface area contributed by atoms with E-state index in [1.807, 2.05) is 20.8 Å². The van der Waals surface area contributed by atoms with Crippen molar-refractivity contribution in [2.45, 2.75) is 77.9 Å². The highest BCUT2D eigenvalue weighted by molar-refractivity contribution is 7.92. The molecule has 9 nitrogen and oxygen atoms in total. The lowest BCUT2D eigenvalue weighted by Crippen LogP contribution is -2.41. The molecule has 216 valence electrons. The third kappa shape index (κ3) is 9.66. The summed E-state index contributed by atoms with van der Waals surface area (Å²) in [7, 11) is -5.73. The zero-order valence-electron chi connectivity index (χ0n) is 24.6. The van der Waals surface area contributed by atoms with Gasteiger partial charge in [0.05, 0.1) is 22.0 Å². The van der Waals surface area contributed by atoms with E-state index in [0.717, 1.165) is 6.42 Å². The Morgan fingerprint density at radius 1 is 0.872 bits per heavy atom. The first-order chi connectivity index (χ1) is 17.8. The number of benzene rings is 2. The molecule has 0 aromatic heterocycles. The van der Waals surface area contributed by atoms with Crippen molar-refractivity contribution >= 4 is 52.9 Å². The van der Waals surface area contributed by atoms with Gasteiger partial charge >= 0.3 is 0 Å². The van der Waals surface area contributed by atoms with Crippen LogP contribution in [0.4, 0.5) is 22.7 Å². The van der Waals surface area contributed by atoms with Crippen LogP contribution in [-0.4, -0.2) is 41.7 Å². The predicted octanol–water partition coefficient (Wildman–Crippen LogP) is 6.25. The lowest BCUT2D eigenvalue weighted by molar-refractivity contribution is -0.123. The Kier molecular flexibility index (Phi) is 10.4. The van der Waals surface area contributed by atoms with E-state index in [1.54, 1.807) is 18.2 Å². The maximum atomic E-state index is 13.0. The minimum atomic E-state index is -3.90. The molecule has 0 unspecified atom stereocenters. The number of nitrogens with one attached hydrogen (secondary N) is 4. The molecule has 0 atom stereocenters. The van der Waals surface area contributed by atoms with E-state index in [-0.39, 0.29) is 21.7 Å². The van der Waals surface area contributed by atoms with Crippen molar-refractivity contribution in [1.29, 1.82) is 0 Å². The molecule has 4 N–H and O–H groups in total. The number of anilines is 4. The van der Waals surface area contributed by atoms with Crippen LogP contribution in [0.3, 0.4) is 0 Å². The maximum absolute atomic E-state index is 13.0. The third-order valence-electron chi connectivity index (χ3n) is 6.59. The van der Waals surface area contributed by atoms with E-state index in [0.29, 0.717) is 35.9 Å². The average molecular weight is 577 g/mol.